The fourth-order valence-electron chi connectivity index (χ4n) is 3.26. The number of aryl methyl sites for hydroxylation is 1. The van der Waals surface area contributed by atoms with Crippen LogP contribution in [-0.4, -0.2) is 4.57 Å². The summed E-state index contributed by atoms with van der Waals surface area (Å²) < 4.78 is 2.57. The van der Waals surface area contributed by atoms with Crippen LogP contribution in [0.15, 0.2) is 24.3 Å². The third-order valence-electron chi connectivity index (χ3n) is 3.85. The maximum Gasteiger partial charge on any atom is 0.0490 e. The van der Waals surface area contributed by atoms with Gasteiger partial charge in [-0.1, -0.05) is 18.2 Å². The van der Waals surface area contributed by atoms with Gasteiger partial charge in [0, 0.05) is 22.1 Å². The Labute approximate surface area is 103 Å². The Morgan fingerprint density at radius 2 is 1.71 bits per heavy atom. The molecule has 0 saturated heterocycles. The van der Waals surface area contributed by atoms with Gasteiger partial charge in [0.15, 0.2) is 0 Å². The summed E-state index contributed by atoms with van der Waals surface area (Å²) in [4.78, 5) is 0. The summed E-state index contributed by atoms with van der Waals surface area (Å²) in [5, 5.41) is 1.48. The molecular formula is C16H21N. The summed E-state index contributed by atoms with van der Waals surface area (Å²) in [5.41, 5.74) is 4.81. The molecule has 17 heavy (non-hydrogen) atoms. The normalized spacial score (nSPS) is 16.2. The van der Waals surface area contributed by atoms with E-state index in [0.29, 0.717) is 0 Å². The third kappa shape index (κ3) is 1.60. The van der Waals surface area contributed by atoms with Crippen LogP contribution in [0.3, 0.4) is 0 Å². The van der Waals surface area contributed by atoms with Gasteiger partial charge in [-0.25, -0.2) is 0 Å². The molecule has 0 aliphatic heterocycles. The van der Waals surface area contributed by atoms with Crippen molar-refractivity contribution in [1.82, 2.24) is 4.57 Å². The van der Waals surface area contributed by atoms with Crippen LogP contribution in [0.1, 0.15) is 44.9 Å². The molecule has 0 atom stereocenters. The van der Waals surface area contributed by atoms with E-state index in [-0.39, 0.29) is 5.54 Å². The van der Waals surface area contributed by atoms with Crippen molar-refractivity contribution in [3.8, 4) is 0 Å². The summed E-state index contributed by atoms with van der Waals surface area (Å²) >= 11 is 0. The van der Waals surface area contributed by atoms with E-state index in [1.165, 1.54) is 36.6 Å². The highest BCUT2D eigenvalue weighted by Gasteiger charge is 2.25. The molecule has 0 fully saturated rings. The summed E-state index contributed by atoms with van der Waals surface area (Å²) in [6, 6.07) is 8.90. The van der Waals surface area contributed by atoms with Gasteiger partial charge in [-0.15, -0.1) is 0 Å². The molecule has 0 saturated carbocycles. The largest absolute Gasteiger partial charge is 0.339 e. The predicted octanol–water partition coefficient (Wildman–Crippen LogP) is 4.28. The molecule has 90 valence electrons. The van der Waals surface area contributed by atoms with Crippen LogP contribution in [0, 0.1) is 0 Å². The Bertz CT molecular complexity index is 555. The number of benzene rings is 1. The maximum absolute atomic E-state index is 2.57. The molecule has 3 rings (SSSR count). The van der Waals surface area contributed by atoms with Crippen molar-refractivity contribution in [2.75, 3.05) is 0 Å². The van der Waals surface area contributed by atoms with Gasteiger partial charge in [-0.2, -0.15) is 0 Å². The van der Waals surface area contributed by atoms with Crippen LogP contribution >= 0.6 is 0 Å². The van der Waals surface area contributed by atoms with E-state index in [1.807, 2.05) is 0 Å². The number of hydrogen-bond donors (Lipinski definition) is 0. The second kappa shape index (κ2) is 3.63. The lowest BCUT2D eigenvalue weighted by Crippen LogP contribution is -2.24. The third-order valence-corrected chi connectivity index (χ3v) is 3.85. The zero-order valence-corrected chi connectivity index (χ0v) is 11.1. The Balaban J connectivity index is 2.39. The molecular weight excluding hydrogens is 206 g/mol. The summed E-state index contributed by atoms with van der Waals surface area (Å²) in [6.45, 7) is 6.94. The quantitative estimate of drug-likeness (QED) is 0.633. The first-order valence-corrected chi connectivity index (χ1v) is 6.71. The molecule has 0 radical (unpaired) electrons. The van der Waals surface area contributed by atoms with Gasteiger partial charge in [0.25, 0.3) is 0 Å². The molecule has 1 nitrogen and oxygen atoms in total. The highest BCUT2D eigenvalue weighted by Crippen LogP contribution is 2.35. The molecule has 1 aromatic heterocycles. The monoisotopic (exact) mass is 227 g/mol. The Kier molecular flexibility index (Phi) is 2.32. The van der Waals surface area contributed by atoms with E-state index in [4.69, 9.17) is 0 Å². The van der Waals surface area contributed by atoms with Crippen LogP contribution in [0.4, 0.5) is 0 Å². The van der Waals surface area contributed by atoms with E-state index < -0.39 is 0 Å². The SMILES string of the molecule is CC(C)(C)n1c2c(c3ccccc31)CCCC2. The first-order valence-electron chi connectivity index (χ1n) is 6.71. The second-order valence-electron chi connectivity index (χ2n) is 6.16. The first kappa shape index (κ1) is 10.9. The van der Waals surface area contributed by atoms with Crippen LogP contribution in [0.2, 0.25) is 0 Å². The molecule has 0 N–H and O–H groups in total. The summed E-state index contributed by atoms with van der Waals surface area (Å²) in [5.74, 6) is 0. The fourth-order valence-corrected chi connectivity index (χ4v) is 3.26. The Morgan fingerprint density at radius 3 is 2.47 bits per heavy atom. The number of aromatic nitrogens is 1. The van der Waals surface area contributed by atoms with Crippen LogP contribution in [0.25, 0.3) is 10.9 Å². The Hall–Kier alpha value is -1.24. The van der Waals surface area contributed by atoms with E-state index in [9.17, 15) is 0 Å². The van der Waals surface area contributed by atoms with Crippen molar-refractivity contribution in [2.24, 2.45) is 0 Å². The van der Waals surface area contributed by atoms with Gasteiger partial charge in [0.05, 0.1) is 0 Å². The molecule has 0 unspecified atom stereocenters. The van der Waals surface area contributed by atoms with Gasteiger partial charge >= 0.3 is 0 Å². The number of nitrogens with zero attached hydrogens (tertiary/aromatic N) is 1. The van der Waals surface area contributed by atoms with Gasteiger partial charge in [0.2, 0.25) is 0 Å². The standard InChI is InChI=1S/C16H21N/c1-16(2,3)17-14-10-6-4-8-12(14)13-9-5-7-11-15(13)17/h4,6,8,10H,5,7,9,11H2,1-3H3. The van der Waals surface area contributed by atoms with E-state index in [0.717, 1.165) is 0 Å². The van der Waals surface area contributed by atoms with Crippen LogP contribution < -0.4 is 0 Å². The van der Waals surface area contributed by atoms with Gasteiger partial charge in [0.1, 0.15) is 0 Å². The second-order valence-corrected chi connectivity index (χ2v) is 6.16. The van der Waals surface area contributed by atoms with Crippen molar-refractivity contribution in [2.45, 2.75) is 52.0 Å². The van der Waals surface area contributed by atoms with Crippen molar-refractivity contribution in [3.05, 3.63) is 35.5 Å². The average molecular weight is 227 g/mol. The van der Waals surface area contributed by atoms with Gasteiger partial charge in [-0.3, -0.25) is 0 Å². The lowest BCUT2D eigenvalue weighted by molar-refractivity contribution is 0.392. The minimum Gasteiger partial charge on any atom is -0.339 e. The summed E-state index contributed by atoms with van der Waals surface area (Å²) in [7, 11) is 0. The van der Waals surface area contributed by atoms with E-state index in [2.05, 4.69) is 49.6 Å². The molecule has 2 aromatic rings. The molecule has 0 amide bonds. The molecule has 0 bridgehead atoms. The van der Waals surface area contributed by atoms with Crippen LogP contribution in [-0.2, 0) is 18.4 Å². The fraction of sp³-hybridized carbons (Fsp3) is 0.500. The number of para-hydroxylation sites is 1. The van der Waals surface area contributed by atoms with Crippen molar-refractivity contribution in [3.63, 3.8) is 0 Å². The van der Waals surface area contributed by atoms with E-state index >= 15 is 0 Å². The molecule has 1 aliphatic rings. The minimum atomic E-state index is 0.185. The predicted molar refractivity (Wildman–Crippen MR) is 73.6 cm³/mol. The first-order chi connectivity index (χ1) is 8.09. The zero-order chi connectivity index (χ0) is 12.0. The van der Waals surface area contributed by atoms with Crippen LogP contribution in [0.5, 0.6) is 0 Å². The average Bonchev–Trinajstić information content (AvgIpc) is 2.63. The molecule has 1 heteroatoms. The molecule has 0 spiro atoms. The highest BCUT2D eigenvalue weighted by molar-refractivity contribution is 5.86. The summed E-state index contributed by atoms with van der Waals surface area (Å²) in [6.07, 6.45) is 5.21. The topological polar surface area (TPSA) is 4.93 Å². The number of fused-ring (bicyclic) bond motifs is 3. The van der Waals surface area contributed by atoms with Gasteiger partial charge < -0.3 is 4.57 Å². The lowest BCUT2D eigenvalue weighted by atomic mass is 9.95. The minimum absolute atomic E-state index is 0.185. The lowest BCUT2D eigenvalue weighted by Gasteiger charge is -2.27. The Morgan fingerprint density at radius 1 is 1.00 bits per heavy atom. The molecule has 1 aliphatic carbocycles. The van der Waals surface area contributed by atoms with Crippen molar-refractivity contribution >= 4 is 10.9 Å². The molecule has 1 aromatic carbocycles. The zero-order valence-electron chi connectivity index (χ0n) is 11.1. The molecule has 1 heterocycles. The van der Waals surface area contributed by atoms with Gasteiger partial charge in [-0.05, 0) is 58.1 Å². The maximum atomic E-state index is 2.57. The number of hydrogen-bond acceptors (Lipinski definition) is 0. The van der Waals surface area contributed by atoms with Crippen molar-refractivity contribution < 1.29 is 0 Å². The van der Waals surface area contributed by atoms with Crippen molar-refractivity contribution in [1.29, 1.82) is 0 Å². The number of rotatable bonds is 0. The smallest absolute Gasteiger partial charge is 0.0490 e. The van der Waals surface area contributed by atoms with E-state index in [1.54, 1.807) is 11.3 Å². The highest BCUT2D eigenvalue weighted by atomic mass is 15.1.